The number of hydrogen-bond acceptors (Lipinski definition) is 2. The van der Waals surface area contributed by atoms with Crippen LogP contribution in [0.2, 0.25) is 0 Å². The third-order valence-electron chi connectivity index (χ3n) is 3.24. The second kappa shape index (κ2) is 3.35. The lowest BCUT2D eigenvalue weighted by atomic mass is 10.0. The van der Waals surface area contributed by atoms with E-state index in [9.17, 15) is 4.79 Å². The molecule has 2 aliphatic rings. The number of hydrogen-bond donors (Lipinski definition) is 1. The minimum Gasteiger partial charge on any atom is -0.334 e. The van der Waals surface area contributed by atoms with E-state index in [2.05, 4.69) is 5.32 Å². The van der Waals surface area contributed by atoms with Gasteiger partial charge in [-0.2, -0.15) is 0 Å². The lowest BCUT2D eigenvalue weighted by molar-refractivity contribution is 0.0732. The highest BCUT2D eigenvalue weighted by molar-refractivity contribution is 5.98. The van der Waals surface area contributed by atoms with Crippen molar-refractivity contribution in [2.75, 3.05) is 19.6 Å². The summed E-state index contributed by atoms with van der Waals surface area (Å²) in [6.07, 6.45) is 0. The summed E-state index contributed by atoms with van der Waals surface area (Å²) in [6.45, 7) is 3.81. The summed E-state index contributed by atoms with van der Waals surface area (Å²) in [6, 6.07) is 7.91. The van der Waals surface area contributed by atoms with Crippen LogP contribution < -0.4 is 5.32 Å². The van der Waals surface area contributed by atoms with Gasteiger partial charge in [-0.05, 0) is 11.6 Å². The van der Waals surface area contributed by atoms with Crippen LogP contribution in [0, 0.1) is 5.92 Å². The number of benzene rings is 1. The maximum absolute atomic E-state index is 12.0. The zero-order valence-electron chi connectivity index (χ0n) is 8.57. The molecule has 1 N–H and O–H groups in total. The number of carbonyl (C=O) groups excluding carboxylic acids is 1. The molecule has 0 bridgehead atoms. The molecular formula is C12H14N2O. The molecule has 0 saturated carbocycles. The molecule has 2 aliphatic heterocycles. The molecule has 3 heteroatoms. The van der Waals surface area contributed by atoms with Crippen LogP contribution in [0.25, 0.3) is 0 Å². The van der Waals surface area contributed by atoms with Crippen LogP contribution in [0.3, 0.4) is 0 Å². The first-order valence-corrected chi connectivity index (χ1v) is 5.42. The minimum absolute atomic E-state index is 0.206. The van der Waals surface area contributed by atoms with Gasteiger partial charge in [0, 0.05) is 37.7 Å². The molecule has 2 heterocycles. The molecule has 0 radical (unpaired) electrons. The normalized spacial score (nSPS) is 20.3. The third kappa shape index (κ3) is 1.43. The fraction of sp³-hybridized carbons (Fsp3) is 0.417. The van der Waals surface area contributed by atoms with Crippen molar-refractivity contribution in [3.8, 4) is 0 Å². The van der Waals surface area contributed by atoms with Crippen molar-refractivity contribution >= 4 is 5.91 Å². The van der Waals surface area contributed by atoms with E-state index in [0.717, 1.165) is 31.7 Å². The van der Waals surface area contributed by atoms with Crippen molar-refractivity contribution in [3.05, 3.63) is 35.4 Å². The molecule has 1 aromatic rings. The summed E-state index contributed by atoms with van der Waals surface area (Å²) in [5, 5.41) is 3.23. The fourth-order valence-electron chi connectivity index (χ4n) is 2.25. The number of amides is 1. The highest BCUT2D eigenvalue weighted by Gasteiger charge is 2.30. The van der Waals surface area contributed by atoms with Gasteiger partial charge in [-0.1, -0.05) is 18.2 Å². The van der Waals surface area contributed by atoms with Gasteiger partial charge in [0.15, 0.2) is 0 Å². The highest BCUT2D eigenvalue weighted by atomic mass is 16.2. The molecule has 0 aliphatic carbocycles. The summed E-state index contributed by atoms with van der Waals surface area (Å²) in [7, 11) is 0. The van der Waals surface area contributed by atoms with E-state index in [0.29, 0.717) is 5.92 Å². The first-order chi connectivity index (χ1) is 7.34. The smallest absolute Gasteiger partial charge is 0.254 e. The Hall–Kier alpha value is -1.35. The predicted molar refractivity (Wildman–Crippen MR) is 57.5 cm³/mol. The summed E-state index contributed by atoms with van der Waals surface area (Å²) in [4.78, 5) is 13.9. The molecule has 0 unspecified atom stereocenters. The molecule has 3 rings (SSSR count). The Morgan fingerprint density at radius 2 is 2.13 bits per heavy atom. The Morgan fingerprint density at radius 1 is 1.33 bits per heavy atom. The average molecular weight is 202 g/mol. The summed E-state index contributed by atoms with van der Waals surface area (Å²) in [5.41, 5.74) is 2.07. The highest BCUT2D eigenvalue weighted by Crippen LogP contribution is 2.23. The van der Waals surface area contributed by atoms with Crippen molar-refractivity contribution in [2.45, 2.75) is 6.54 Å². The van der Waals surface area contributed by atoms with Crippen molar-refractivity contribution in [3.63, 3.8) is 0 Å². The Kier molecular flexibility index (Phi) is 1.99. The largest absolute Gasteiger partial charge is 0.334 e. The molecule has 1 saturated heterocycles. The van der Waals surface area contributed by atoms with Crippen LogP contribution >= 0.6 is 0 Å². The van der Waals surface area contributed by atoms with Crippen molar-refractivity contribution in [1.82, 2.24) is 10.2 Å². The zero-order chi connectivity index (χ0) is 10.3. The Labute approximate surface area is 89.1 Å². The molecule has 0 atom stereocenters. The first kappa shape index (κ1) is 8.92. The third-order valence-corrected chi connectivity index (χ3v) is 3.24. The van der Waals surface area contributed by atoms with Crippen LogP contribution in [-0.2, 0) is 6.54 Å². The SMILES string of the molecule is O=C1c2ccccc2CN1CC1CNC1. The number of carbonyl (C=O) groups is 1. The lowest BCUT2D eigenvalue weighted by Gasteiger charge is -2.31. The molecule has 3 nitrogen and oxygen atoms in total. The topological polar surface area (TPSA) is 32.3 Å². The van der Waals surface area contributed by atoms with Crippen LogP contribution in [0.4, 0.5) is 0 Å². The van der Waals surface area contributed by atoms with Crippen LogP contribution in [0.15, 0.2) is 24.3 Å². The monoisotopic (exact) mass is 202 g/mol. The van der Waals surface area contributed by atoms with Crippen molar-refractivity contribution < 1.29 is 4.79 Å². The molecule has 1 fully saturated rings. The van der Waals surface area contributed by atoms with E-state index < -0.39 is 0 Å². The molecule has 78 valence electrons. The van der Waals surface area contributed by atoms with E-state index in [1.54, 1.807) is 0 Å². The molecular weight excluding hydrogens is 188 g/mol. The summed E-state index contributed by atoms with van der Waals surface area (Å²) in [5.74, 6) is 0.862. The Morgan fingerprint density at radius 3 is 2.80 bits per heavy atom. The Balaban J connectivity index is 1.77. The van der Waals surface area contributed by atoms with Gasteiger partial charge >= 0.3 is 0 Å². The van der Waals surface area contributed by atoms with Crippen molar-refractivity contribution in [1.29, 1.82) is 0 Å². The van der Waals surface area contributed by atoms with Crippen LogP contribution in [0.5, 0.6) is 0 Å². The fourth-order valence-corrected chi connectivity index (χ4v) is 2.25. The molecule has 1 aromatic carbocycles. The number of rotatable bonds is 2. The second-order valence-electron chi connectivity index (χ2n) is 4.37. The second-order valence-corrected chi connectivity index (χ2v) is 4.37. The maximum Gasteiger partial charge on any atom is 0.254 e. The zero-order valence-corrected chi connectivity index (χ0v) is 8.57. The van der Waals surface area contributed by atoms with Gasteiger partial charge in [0.25, 0.3) is 5.91 Å². The van der Waals surface area contributed by atoms with Crippen LogP contribution in [0.1, 0.15) is 15.9 Å². The quantitative estimate of drug-likeness (QED) is 0.771. The molecule has 1 amide bonds. The van der Waals surface area contributed by atoms with Crippen LogP contribution in [-0.4, -0.2) is 30.4 Å². The number of nitrogens with one attached hydrogen (secondary N) is 1. The van der Waals surface area contributed by atoms with Gasteiger partial charge in [0.2, 0.25) is 0 Å². The van der Waals surface area contributed by atoms with Gasteiger partial charge < -0.3 is 10.2 Å². The molecule has 15 heavy (non-hydrogen) atoms. The number of fused-ring (bicyclic) bond motifs is 1. The van der Waals surface area contributed by atoms with Gasteiger partial charge in [0.05, 0.1) is 0 Å². The Bertz CT molecular complexity index is 398. The van der Waals surface area contributed by atoms with Gasteiger partial charge in [-0.15, -0.1) is 0 Å². The predicted octanol–water partition coefficient (Wildman–Crippen LogP) is 0.862. The standard InChI is InChI=1S/C12H14N2O/c15-12-11-4-2-1-3-10(11)8-14(12)7-9-5-13-6-9/h1-4,9,13H,5-8H2. The van der Waals surface area contributed by atoms with Crippen molar-refractivity contribution in [2.24, 2.45) is 5.92 Å². The maximum atomic E-state index is 12.0. The van der Waals surface area contributed by atoms with E-state index in [1.807, 2.05) is 29.2 Å². The first-order valence-electron chi connectivity index (χ1n) is 5.42. The average Bonchev–Trinajstić information content (AvgIpc) is 2.51. The van der Waals surface area contributed by atoms with E-state index in [4.69, 9.17) is 0 Å². The molecule has 0 spiro atoms. The van der Waals surface area contributed by atoms with E-state index in [1.165, 1.54) is 5.56 Å². The van der Waals surface area contributed by atoms with Gasteiger partial charge in [-0.25, -0.2) is 0 Å². The van der Waals surface area contributed by atoms with Gasteiger partial charge in [-0.3, -0.25) is 4.79 Å². The summed E-state index contributed by atoms with van der Waals surface area (Å²) >= 11 is 0. The number of nitrogens with zero attached hydrogens (tertiary/aromatic N) is 1. The van der Waals surface area contributed by atoms with E-state index in [-0.39, 0.29) is 5.91 Å². The lowest BCUT2D eigenvalue weighted by Crippen LogP contribution is -2.48. The molecule has 0 aromatic heterocycles. The van der Waals surface area contributed by atoms with E-state index >= 15 is 0 Å². The van der Waals surface area contributed by atoms with Gasteiger partial charge in [0.1, 0.15) is 0 Å². The minimum atomic E-state index is 0.206. The summed E-state index contributed by atoms with van der Waals surface area (Å²) < 4.78 is 0.